The largest absolute Gasteiger partial charge is 0.507 e. The maximum atomic E-state index is 10.9. The summed E-state index contributed by atoms with van der Waals surface area (Å²) in [6, 6.07) is 5.24. The molecule has 2 aliphatic heterocycles. The van der Waals surface area contributed by atoms with Crippen molar-refractivity contribution in [1.29, 1.82) is 0 Å². The standard InChI is InChI=1S/C22H28O9/c1-10-4-11-5-12-6-13(7-15(27-2)17(12)18(24)14(11)9-29-10)30-22-20(26)19(25)21(28-3)16(8-23)31-22/h5-7,10,16,19-26H,4,8-9H2,1-3H3/t10-,16+,19+,20+,21+,22+/m0/s1. The van der Waals surface area contributed by atoms with Gasteiger partial charge in [-0.2, -0.15) is 0 Å². The van der Waals surface area contributed by atoms with Gasteiger partial charge in [0.15, 0.2) is 0 Å². The predicted molar refractivity (Wildman–Crippen MR) is 109 cm³/mol. The highest BCUT2D eigenvalue weighted by Gasteiger charge is 2.45. The van der Waals surface area contributed by atoms with Gasteiger partial charge >= 0.3 is 0 Å². The molecule has 1 saturated heterocycles. The molecule has 2 aromatic rings. The number of ether oxygens (including phenoxy) is 5. The fourth-order valence-electron chi connectivity index (χ4n) is 4.30. The lowest BCUT2D eigenvalue weighted by molar-refractivity contribution is -0.281. The molecule has 0 bridgehead atoms. The molecule has 9 nitrogen and oxygen atoms in total. The van der Waals surface area contributed by atoms with Crippen LogP contribution in [0.2, 0.25) is 0 Å². The number of rotatable bonds is 5. The third-order valence-electron chi connectivity index (χ3n) is 5.93. The quantitative estimate of drug-likeness (QED) is 0.539. The van der Waals surface area contributed by atoms with Crippen molar-refractivity contribution < 1.29 is 44.1 Å². The molecule has 0 spiro atoms. The number of aliphatic hydroxyl groups is 3. The minimum Gasteiger partial charge on any atom is -0.507 e. The average molecular weight is 436 g/mol. The van der Waals surface area contributed by atoms with Gasteiger partial charge in [0.2, 0.25) is 6.29 Å². The van der Waals surface area contributed by atoms with Crippen molar-refractivity contribution in [2.45, 2.75) is 56.8 Å². The van der Waals surface area contributed by atoms with Crippen molar-refractivity contribution in [3.05, 3.63) is 29.3 Å². The molecule has 0 aromatic heterocycles. The van der Waals surface area contributed by atoms with E-state index in [-0.39, 0.29) is 11.9 Å². The lowest BCUT2D eigenvalue weighted by atomic mass is 9.94. The van der Waals surface area contributed by atoms with E-state index < -0.39 is 37.3 Å². The van der Waals surface area contributed by atoms with Gasteiger partial charge in [-0.15, -0.1) is 0 Å². The zero-order valence-electron chi connectivity index (χ0n) is 17.6. The second-order valence-electron chi connectivity index (χ2n) is 7.94. The monoisotopic (exact) mass is 436 g/mol. The van der Waals surface area contributed by atoms with E-state index in [2.05, 4.69) is 0 Å². The molecule has 170 valence electrons. The van der Waals surface area contributed by atoms with Gasteiger partial charge in [-0.05, 0) is 30.4 Å². The number of benzene rings is 2. The first-order chi connectivity index (χ1) is 14.9. The summed E-state index contributed by atoms with van der Waals surface area (Å²) in [4.78, 5) is 0. The number of aliphatic hydroxyl groups excluding tert-OH is 3. The van der Waals surface area contributed by atoms with E-state index in [4.69, 9.17) is 23.7 Å². The molecule has 0 aliphatic carbocycles. The minimum absolute atomic E-state index is 0.0436. The van der Waals surface area contributed by atoms with Crippen LogP contribution in [0.25, 0.3) is 10.8 Å². The van der Waals surface area contributed by atoms with Crippen LogP contribution in [0.5, 0.6) is 17.2 Å². The molecule has 6 atom stereocenters. The smallest absolute Gasteiger partial charge is 0.229 e. The molecule has 4 rings (SSSR count). The maximum absolute atomic E-state index is 10.9. The van der Waals surface area contributed by atoms with E-state index in [1.165, 1.54) is 14.2 Å². The summed E-state index contributed by atoms with van der Waals surface area (Å²) in [5, 5.41) is 42.4. The highest BCUT2D eigenvalue weighted by molar-refractivity contribution is 5.96. The minimum atomic E-state index is -1.40. The number of aromatic hydroxyl groups is 1. The molecule has 2 aromatic carbocycles. The fraction of sp³-hybridized carbons (Fsp3) is 0.545. The summed E-state index contributed by atoms with van der Waals surface area (Å²) in [6.45, 7) is 1.88. The van der Waals surface area contributed by atoms with Gasteiger partial charge in [0.1, 0.15) is 41.7 Å². The molecular formula is C22H28O9. The van der Waals surface area contributed by atoms with E-state index in [9.17, 15) is 20.4 Å². The van der Waals surface area contributed by atoms with Crippen LogP contribution in [0.4, 0.5) is 0 Å². The van der Waals surface area contributed by atoms with E-state index in [1.807, 2.05) is 13.0 Å². The van der Waals surface area contributed by atoms with Crippen LogP contribution in [-0.4, -0.2) is 78.1 Å². The fourth-order valence-corrected chi connectivity index (χ4v) is 4.30. The molecule has 2 heterocycles. The highest BCUT2D eigenvalue weighted by Crippen LogP contribution is 2.43. The summed E-state index contributed by atoms with van der Waals surface area (Å²) >= 11 is 0. The molecule has 9 heteroatoms. The number of methoxy groups -OCH3 is 2. The summed E-state index contributed by atoms with van der Waals surface area (Å²) in [6.07, 6.45) is -4.99. The van der Waals surface area contributed by atoms with Crippen molar-refractivity contribution in [2.75, 3.05) is 20.8 Å². The zero-order chi connectivity index (χ0) is 22.3. The first-order valence-electron chi connectivity index (χ1n) is 10.2. The third kappa shape index (κ3) is 3.93. The van der Waals surface area contributed by atoms with Crippen molar-refractivity contribution in [3.8, 4) is 17.2 Å². The van der Waals surface area contributed by atoms with Crippen LogP contribution in [-0.2, 0) is 27.2 Å². The molecule has 0 unspecified atom stereocenters. The Hall–Kier alpha value is -2.14. The highest BCUT2D eigenvalue weighted by atomic mass is 16.7. The molecule has 0 amide bonds. The Morgan fingerprint density at radius 1 is 1.13 bits per heavy atom. The van der Waals surface area contributed by atoms with Gasteiger partial charge in [-0.25, -0.2) is 0 Å². The van der Waals surface area contributed by atoms with Crippen LogP contribution in [0, 0.1) is 0 Å². The number of fused-ring (bicyclic) bond motifs is 2. The first-order valence-corrected chi connectivity index (χ1v) is 10.2. The van der Waals surface area contributed by atoms with Crippen LogP contribution in [0.1, 0.15) is 18.1 Å². The normalized spacial score (nSPS) is 30.8. The summed E-state index contributed by atoms with van der Waals surface area (Å²) in [7, 11) is 2.85. The molecule has 2 aliphatic rings. The van der Waals surface area contributed by atoms with Gasteiger partial charge in [0.05, 0.1) is 31.8 Å². The van der Waals surface area contributed by atoms with Crippen LogP contribution in [0.15, 0.2) is 18.2 Å². The van der Waals surface area contributed by atoms with Crippen molar-refractivity contribution >= 4 is 10.8 Å². The SMILES string of the molecule is COc1cc(O[C@@H]2O[C@H](CO)[C@@H](OC)[C@H](O)[C@H]2O)cc2cc3c(c(O)c12)CO[C@@H](C)C3. The van der Waals surface area contributed by atoms with Gasteiger partial charge in [0.25, 0.3) is 0 Å². The maximum Gasteiger partial charge on any atom is 0.229 e. The molecule has 31 heavy (non-hydrogen) atoms. The summed E-state index contributed by atoms with van der Waals surface area (Å²) < 4.78 is 27.7. The zero-order valence-corrected chi connectivity index (χ0v) is 17.6. The average Bonchev–Trinajstić information content (AvgIpc) is 2.75. The number of phenols is 1. The number of phenolic OH excluding ortho intramolecular Hbond substituents is 1. The van der Waals surface area contributed by atoms with Crippen molar-refractivity contribution in [1.82, 2.24) is 0 Å². The van der Waals surface area contributed by atoms with Gasteiger partial charge < -0.3 is 44.1 Å². The molecule has 0 radical (unpaired) electrons. The van der Waals surface area contributed by atoms with E-state index in [0.29, 0.717) is 35.3 Å². The Balaban J connectivity index is 1.70. The van der Waals surface area contributed by atoms with Gasteiger partial charge in [0, 0.05) is 18.7 Å². The Morgan fingerprint density at radius 3 is 2.58 bits per heavy atom. The lowest BCUT2D eigenvalue weighted by Gasteiger charge is -2.41. The first kappa shape index (κ1) is 22.1. The summed E-state index contributed by atoms with van der Waals surface area (Å²) in [5.74, 6) is 0.800. The van der Waals surface area contributed by atoms with E-state index in [1.54, 1.807) is 12.1 Å². The predicted octanol–water partition coefficient (Wildman–Crippen LogP) is 0.848. The number of hydrogen-bond donors (Lipinski definition) is 4. The lowest BCUT2D eigenvalue weighted by Crippen LogP contribution is -2.60. The second-order valence-corrected chi connectivity index (χ2v) is 7.94. The van der Waals surface area contributed by atoms with E-state index in [0.717, 1.165) is 11.1 Å². The van der Waals surface area contributed by atoms with Crippen LogP contribution in [0.3, 0.4) is 0 Å². The Labute approximate surface area is 179 Å². The van der Waals surface area contributed by atoms with Crippen molar-refractivity contribution in [3.63, 3.8) is 0 Å². The van der Waals surface area contributed by atoms with E-state index >= 15 is 0 Å². The van der Waals surface area contributed by atoms with Crippen LogP contribution < -0.4 is 9.47 Å². The molecule has 4 N–H and O–H groups in total. The molecule has 0 saturated carbocycles. The number of hydrogen-bond acceptors (Lipinski definition) is 9. The third-order valence-corrected chi connectivity index (χ3v) is 5.93. The topological polar surface area (TPSA) is 127 Å². The van der Waals surface area contributed by atoms with Gasteiger partial charge in [-0.1, -0.05) is 6.07 Å². The Kier molecular flexibility index (Phi) is 6.25. The molecular weight excluding hydrogens is 408 g/mol. The Bertz CT molecular complexity index is 944. The summed E-state index contributed by atoms with van der Waals surface area (Å²) in [5.41, 5.74) is 1.72. The van der Waals surface area contributed by atoms with Crippen molar-refractivity contribution in [2.24, 2.45) is 0 Å². The van der Waals surface area contributed by atoms with Crippen LogP contribution >= 0.6 is 0 Å². The second kappa shape index (κ2) is 8.78. The Morgan fingerprint density at radius 2 is 1.90 bits per heavy atom. The molecule has 1 fully saturated rings. The van der Waals surface area contributed by atoms with Gasteiger partial charge in [-0.3, -0.25) is 0 Å².